The largest absolute Gasteiger partial charge is 0.466 e. The van der Waals surface area contributed by atoms with Crippen LogP contribution in [0.1, 0.15) is 24.3 Å². The van der Waals surface area contributed by atoms with E-state index >= 15 is 0 Å². The Balaban J connectivity index is 1.65. The normalized spacial score (nSPS) is 16.9. The predicted octanol–water partition coefficient (Wildman–Crippen LogP) is 5.34. The average Bonchev–Trinajstić information content (AvgIpc) is 3.19. The molecule has 0 amide bonds. The van der Waals surface area contributed by atoms with Crippen LogP contribution in [0, 0.1) is 0 Å². The third kappa shape index (κ3) is 3.01. The van der Waals surface area contributed by atoms with E-state index in [-0.39, 0.29) is 5.92 Å². The number of pyridine rings is 2. The summed E-state index contributed by atoms with van der Waals surface area (Å²) in [7, 11) is 0. The molecule has 5 rings (SSSR count). The second kappa shape index (κ2) is 7.19. The van der Waals surface area contributed by atoms with Gasteiger partial charge >= 0.3 is 0 Å². The van der Waals surface area contributed by atoms with E-state index in [0.717, 1.165) is 46.3 Å². The molecule has 0 spiro atoms. The Labute approximate surface area is 162 Å². The maximum Gasteiger partial charge on any atom is 0.150 e. The Morgan fingerprint density at radius 2 is 2.14 bits per heavy atom. The summed E-state index contributed by atoms with van der Waals surface area (Å²) in [5.74, 6) is 0.742. The maximum atomic E-state index is 5.83. The number of hydrogen-bond acceptors (Lipinski definition) is 4. The van der Waals surface area contributed by atoms with Crippen LogP contribution in [-0.2, 0) is 9.47 Å². The predicted molar refractivity (Wildman–Crippen MR) is 108 cm³/mol. The van der Waals surface area contributed by atoms with E-state index < -0.39 is 0 Å². The van der Waals surface area contributed by atoms with Gasteiger partial charge in [0.2, 0.25) is 0 Å². The summed E-state index contributed by atoms with van der Waals surface area (Å²) >= 11 is 0. The Kier molecular flexibility index (Phi) is 4.26. The average molecular weight is 369 g/mol. The van der Waals surface area contributed by atoms with Gasteiger partial charge in [-0.3, -0.25) is 4.98 Å². The Hall–Kier alpha value is -3.60. The highest BCUT2D eigenvalue weighted by Gasteiger charge is 2.27. The third-order valence-electron chi connectivity index (χ3n) is 5.09. The van der Waals surface area contributed by atoms with Gasteiger partial charge in [0.25, 0.3) is 0 Å². The second-order valence-electron chi connectivity index (χ2n) is 6.79. The van der Waals surface area contributed by atoms with Crippen LogP contribution in [-0.4, -0.2) is 15.0 Å². The third-order valence-corrected chi connectivity index (χ3v) is 5.09. The number of aromatic nitrogens is 3. The summed E-state index contributed by atoms with van der Waals surface area (Å²) in [6.07, 6.45) is 20.8. The smallest absolute Gasteiger partial charge is 0.150 e. The fourth-order valence-electron chi connectivity index (χ4n) is 3.76. The molecular formula is C23H19N3O2. The van der Waals surface area contributed by atoms with E-state index in [1.165, 1.54) is 11.8 Å². The number of ether oxygens (including phenoxy) is 2. The van der Waals surface area contributed by atoms with Gasteiger partial charge in [-0.15, -0.1) is 0 Å². The molecule has 0 aromatic carbocycles. The van der Waals surface area contributed by atoms with Gasteiger partial charge in [-0.1, -0.05) is 29.9 Å². The van der Waals surface area contributed by atoms with Crippen LogP contribution in [0.25, 0.3) is 22.2 Å². The number of nitrogens with zero attached hydrogens (tertiary/aromatic N) is 2. The monoisotopic (exact) mass is 369 g/mol. The summed E-state index contributed by atoms with van der Waals surface area (Å²) in [4.78, 5) is 12.2. The van der Waals surface area contributed by atoms with Crippen molar-refractivity contribution in [2.75, 3.05) is 0 Å². The Morgan fingerprint density at radius 1 is 1.14 bits per heavy atom. The summed E-state index contributed by atoms with van der Waals surface area (Å²) in [6.45, 7) is 0. The van der Waals surface area contributed by atoms with Crippen molar-refractivity contribution in [3.05, 3.63) is 96.9 Å². The van der Waals surface area contributed by atoms with Crippen LogP contribution in [0.15, 0.2) is 91.3 Å². The van der Waals surface area contributed by atoms with Gasteiger partial charge in [0.1, 0.15) is 30.2 Å². The van der Waals surface area contributed by atoms with E-state index in [0.29, 0.717) is 0 Å². The molecule has 0 saturated heterocycles. The lowest BCUT2D eigenvalue weighted by atomic mass is 9.85. The van der Waals surface area contributed by atoms with Crippen LogP contribution < -0.4 is 0 Å². The van der Waals surface area contributed by atoms with Gasteiger partial charge in [-0.05, 0) is 30.5 Å². The van der Waals surface area contributed by atoms with Gasteiger partial charge in [-0.2, -0.15) is 0 Å². The molecule has 28 heavy (non-hydrogen) atoms. The first-order valence-corrected chi connectivity index (χ1v) is 9.30. The Morgan fingerprint density at radius 3 is 2.93 bits per heavy atom. The molecule has 1 aliphatic heterocycles. The zero-order valence-electron chi connectivity index (χ0n) is 15.2. The van der Waals surface area contributed by atoms with Crippen LogP contribution >= 0.6 is 0 Å². The highest BCUT2D eigenvalue weighted by molar-refractivity contribution is 5.86. The minimum atomic E-state index is -0.0328. The molecular weight excluding hydrogens is 350 g/mol. The lowest BCUT2D eigenvalue weighted by molar-refractivity contribution is 0.242. The molecule has 1 aliphatic carbocycles. The van der Waals surface area contributed by atoms with Crippen LogP contribution in [0.5, 0.6) is 0 Å². The van der Waals surface area contributed by atoms with E-state index in [9.17, 15) is 0 Å². The van der Waals surface area contributed by atoms with Gasteiger partial charge in [0.15, 0.2) is 0 Å². The van der Waals surface area contributed by atoms with Gasteiger partial charge < -0.3 is 14.5 Å². The number of H-pyrrole nitrogens is 1. The zero-order chi connectivity index (χ0) is 18.8. The van der Waals surface area contributed by atoms with Gasteiger partial charge in [-0.25, -0.2) is 4.98 Å². The second-order valence-corrected chi connectivity index (χ2v) is 6.79. The number of hydrogen-bond donors (Lipinski definition) is 1. The van der Waals surface area contributed by atoms with E-state index in [1.54, 1.807) is 18.7 Å². The number of nitrogens with one attached hydrogen (secondary N) is 1. The SMILES string of the molecule is C1=CCCC(C(C2=COC=CO2)c2c[nH]c3ncc(-c4cccnc4)cc23)=C1. The minimum absolute atomic E-state index is 0.0328. The number of rotatable bonds is 4. The fraction of sp³-hybridized carbons (Fsp3) is 0.130. The molecule has 0 radical (unpaired) electrons. The molecule has 1 N–H and O–H groups in total. The molecule has 1 atom stereocenters. The minimum Gasteiger partial charge on any atom is -0.466 e. The van der Waals surface area contributed by atoms with Crippen molar-refractivity contribution in [3.63, 3.8) is 0 Å². The van der Waals surface area contributed by atoms with Crippen molar-refractivity contribution < 1.29 is 9.47 Å². The summed E-state index contributed by atoms with van der Waals surface area (Å²) in [5, 5.41) is 1.07. The molecule has 0 saturated carbocycles. The zero-order valence-corrected chi connectivity index (χ0v) is 15.2. The van der Waals surface area contributed by atoms with Crippen LogP contribution in [0.2, 0.25) is 0 Å². The van der Waals surface area contributed by atoms with Crippen LogP contribution in [0.4, 0.5) is 0 Å². The Bertz CT molecular complexity index is 1120. The molecule has 2 aliphatic rings. The number of allylic oxidation sites excluding steroid dienone is 4. The van der Waals surface area contributed by atoms with Gasteiger partial charge in [0, 0.05) is 41.3 Å². The molecule has 0 bridgehead atoms. The summed E-state index contributed by atoms with van der Waals surface area (Å²) in [6, 6.07) is 6.14. The summed E-state index contributed by atoms with van der Waals surface area (Å²) < 4.78 is 11.2. The fourth-order valence-corrected chi connectivity index (χ4v) is 3.76. The van der Waals surface area contributed by atoms with Crippen molar-refractivity contribution in [2.24, 2.45) is 0 Å². The molecule has 138 valence electrons. The van der Waals surface area contributed by atoms with Crippen LogP contribution in [0.3, 0.4) is 0 Å². The first kappa shape index (κ1) is 16.6. The molecule has 0 fully saturated rings. The van der Waals surface area contributed by atoms with Crippen molar-refractivity contribution in [1.82, 2.24) is 15.0 Å². The first-order valence-electron chi connectivity index (χ1n) is 9.30. The maximum absolute atomic E-state index is 5.83. The highest BCUT2D eigenvalue weighted by atomic mass is 16.5. The number of aromatic amines is 1. The van der Waals surface area contributed by atoms with Crippen molar-refractivity contribution in [2.45, 2.75) is 18.8 Å². The van der Waals surface area contributed by atoms with Crippen molar-refractivity contribution in [1.29, 1.82) is 0 Å². The molecule has 4 heterocycles. The molecule has 3 aromatic heterocycles. The number of fused-ring (bicyclic) bond motifs is 1. The molecule has 5 heteroatoms. The van der Waals surface area contributed by atoms with E-state index in [4.69, 9.17) is 9.47 Å². The van der Waals surface area contributed by atoms with E-state index in [1.807, 2.05) is 30.7 Å². The van der Waals surface area contributed by atoms with Crippen molar-refractivity contribution in [3.8, 4) is 11.1 Å². The molecule has 1 unspecified atom stereocenters. The standard InChI is InChI=1S/C23H19N3O2/c1-2-5-16(6-3-1)22(21-15-27-9-10-28-21)20-14-26-23-19(20)11-18(13-25-23)17-7-4-8-24-12-17/h1-2,4-5,7-15,22H,3,6H2,(H,25,26). The topological polar surface area (TPSA) is 60.0 Å². The first-order chi connectivity index (χ1) is 13.9. The van der Waals surface area contributed by atoms with Gasteiger partial charge in [0.05, 0.1) is 5.92 Å². The highest BCUT2D eigenvalue weighted by Crippen LogP contribution is 2.40. The lowest BCUT2D eigenvalue weighted by Crippen LogP contribution is -2.10. The molecule has 5 nitrogen and oxygen atoms in total. The summed E-state index contributed by atoms with van der Waals surface area (Å²) in [5.41, 5.74) is 5.35. The molecule has 3 aromatic rings. The van der Waals surface area contributed by atoms with Crippen molar-refractivity contribution >= 4 is 11.0 Å². The van der Waals surface area contributed by atoms with E-state index in [2.05, 4.69) is 39.2 Å². The quantitative estimate of drug-likeness (QED) is 0.674. The lowest BCUT2D eigenvalue weighted by Gasteiger charge is -2.24.